The van der Waals surface area contributed by atoms with Gasteiger partial charge in [0, 0.05) is 17.5 Å². The fourth-order valence-corrected chi connectivity index (χ4v) is 7.65. The number of phenols is 2. The van der Waals surface area contributed by atoms with Gasteiger partial charge in [-0.1, -0.05) is 30.9 Å². The van der Waals surface area contributed by atoms with Crippen LogP contribution < -0.4 is 5.12 Å². The summed E-state index contributed by atoms with van der Waals surface area (Å²) in [5.74, 6) is -2.53. The Morgan fingerprint density at radius 1 is 0.714 bits per heavy atom. The zero-order valence-electron chi connectivity index (χ0n) is 34.2. The van der Waals surface area contributed by atoms with Crippen molar-refractivity contribution >= 4 is 84.0 Å². The van der Waals surface area contributed by atoms with E-state index in [1.807, 2.05) is 13.8 Å². The average Bonchev–Trinajstić information content (AvgIpc) is 3.20. The monoisotopic (exact) mass is 893 g/mol. The quantitative estimate of drug-likeness (QED) is 0.0216. The lowest BCUT2D eigenvalue weighted by molar-refractivity contribution is 0.0693. The summed E-state index contributed by atoms with van der Waals surface area (Å²) < 4.78 is 68.9. The number of aryl methyl sites for hydroxylation is 5. The van der Waals surface area contributed by atoms with Crippen molar-refractivity contribution in [1.82, 2.24) is 0 Å². The molecule has 0 saturated heterocycles. The molecule has 5 aromatic carbocycles. The van der Waals surface area contributed by atoms with E-state index in [1.165, 1.54) is 49.5 Å². The van der Waals surface area contributed by atoms with Crippen LogP contribution in [0.4, 0.5) is 34.1 Å². The van der Waals surface area contributed by atoms with Gasteiger partial charge < -0.3 is 15.3 Å². The highest BCUT2D eigenvalue weighted by Gasteiger charge is 2.27. The highest BCUT2D eigenvalue weighted by atomic mass is 32.2. The van der Waals surface area contributed by atoms with E-state index in [9.17, 15) is 46.1 Å². The molecule has 0 fully saturated rings. The Kier molecular flexibility index (Phi) is 14.0. The Labute approximate surface area is 361 Å². The number of rotatable bonds is 15. The number of aromatic hydroxyl groups is 2. The number of phenolic OH excluding ortho intramolecular Hbond substituents is 1. The second-order valence-electron chi connectivity index (χ2n) is 13.7. The predicted octanol–water partition coefficient (Wildman–Crippen LogP) is 10.6. The number of nitrogens with zero attached hydrogens (tertiary/aromatic N) is 9. The van der Waals surface area contributed by atoms with Crippen LogP contribution in [0.2, 0.25) is 0 Å². The highest BCUT2D eigenvalue weighted by Crippen LogP contribution is 2.44. The summed E-state index contributed by atoms with van der Waals surface area (Å²) in [7, 11) is -9.96. The lowest BCUT2D eigenvalue weighted by atomic mass is 10.1. The zero-order valence-corrected chi connectivity index (χ0v) is 35.8. The maximum atomic E-state index is 12.4. The molecular weight excluding hydrogens is 855 g/mol. The molecule has 0 aliphatic carbocycles. The van der Waals surface area contributed by atoms with Crippen LogP contribution in [0.3, 0.4) is 0 Å². The largest absolute Gasteiger partial charge is 0.507 e. The molecule has 19 nitrogen and oxygen atoms in total. The summed E-state index contributed by atoms with van der Waals surface area (Å²) in [6, 6.07) is 14.0. The van der Waals surface area contributed by atoms with Crippen molar-refractivity contribution in [2.45, 2.75) is 44.4 Å². The van der Waals surface area contributed by atoms with Crippen LogP contribution >= 0.6 is 0 Å². The smallest absolute Gasteiger partial charge is 0.339 e. The molecule has 21 heteroatoms. The molecule has 0 bridgehead atoms. The zero-order chi connectivity index (χ0) is 46.4. The molecule has 0 heterocycles. The number of carboxylic acid groups (broad SMARTS) is 1. The Morgan fingerprint density at radius 3 is 1.92 bits per heavy atom. The van der Waals surface area contributed by atoms with Crippen LogP contribution in [0, 0.1) is 34.6 Å². The fraction of sp³-hybridized carbons (Fsp3) is 0.119. The SMILES string of the molecule is C=C\C=C/C(=C\C=N\N(N=C)c1ccc(O)c(C(=O)O)c1)N=Nc1c(C)cc(N=Nc2cc(C)c(N=Nc3c(S(=O)(=O)O)cc4c(S(=O)(=O)O)c(C)ccc4c3O)cc2C)cc1C. The number of carboxylic acids is 1. The maximum Gasteiger partial charge on any atom is 0.339 e. The average molecular weight is 894 g/mol. The van der Waals surface area contributed by atoms with Crippen LogP contribution in [0.1, 0.15) is 38.2 Å². The molecule has 0 atom stereocenters. The van der Waals surface area contributed by atoms with Gasteiger partial charge in [0.05, 0.1) is 40.3 Å². The minimum Gasteiger partial charge on any atom is -0.507 e. The molecule has 5 N–H and O–H groups in total. The number of benzene rings is 5. The molecule has 324 valence electrons. The van der Waals surface area contributed by atoms with Gasteiger partial charge in [-0.25, -0.2) is 4.79 Å². The van der Waals surface area contributed by atoms with Gasteiger partial charge in [-0.3, -0.25) is 9.11 Å². The van der Waals surface area contributed by atoms with Gasteiger partial charge in [0.25, 0.3) is 20.2 Å². The van der Waals surface area contributed by atoms with Gasteiger partial charge in [0.1, 0.15) is 26.8 Å². The molecule has 0 saturated carbocycles. The minimum absolute atomic E-state index is 0.0678. The van der Waals surface area contributed by atoms with Gasteiger partial charge in [-0.05, 0) is 123 Å². The number of allylic oxidation sites excluding steroid dienone is 4. The molecule has 0 aliphatic rings. The van der Waals surface area contributed by atoms with Gasteiger partial charge in [-0.15, -0.1) is 5.11 Å². The molecule has 0 radical (unpaired) electrons. The van der Waals surface area contributed by atoms with Crippen molar-refractivity contribution < 1.29 is 46.1 Å². The Morgan fingerprint density at radius 2 is 1.35 bits per heavy atom. The van der Waals surface area contributed by atoms with E-state index in [1.54, 1.807) is 56.3 Å². The Hall–Kier alpha value is -7.59. The van der Waals surface area contributed by atoms with Gasteiger partial charge in [-0.2, -0.15) is 57.7 Å². The number of fused-ring (bicyclic) bond motifs is 1. The molecule has 0 aliphatic heterocycles. The second kappa shape index (κ2) is 19.0. The van der Waals surface area contributed by atoms with Crippen LogP contribution in [0.25, 0.3) is 10.8 Å². The lowest BCUT2D eigenvalue weighted by Crippen LogP contribution is -2.08. The van der Waals surface area contributed by atoms with E-state index in [0.29, 0.717) is 33.9 Å². The molecule has 5 aromatic rings. The first-order valence-corrected chi connectivity index (χ1v) is 21.1. The van der Waals surface area contributed by atoms with E-state index in [-0.39, 0.29) is 33.3 Å². The summed E-state index contributed by atoms with van der Waals surface area (Å²) in [5.41, 5.74) is 4.05. The minimum atomic E-state index is -5.09. The number of hydrogen-bond acceptors (Lipinski definition) is 16. The van der Waals surface area contributed by atoms with E-state index in [4.69, 9.17) is 0 Å². The van der Waals surface area contributed by atoms with Crippen molar-refractivity contribution in [3.63, 3.8) is 0 Å². The van der Waals surface area contributed by atoms with Crippen LogP contribution in [-0.2, 0) is 20.2 Å². The van der Waals surface area contributed by atoms with Crippen LogP contribution in [0.15, 0.2) is 148 Å². The Bertz CT molecular complexity index is 3100. The number of carbonyl (C=O) groups is 1. The lowest BCUT2D eigenvalue weighted by Gasteiger charge is -2.13. The highest BCUT2D eigenvalue weighted by molar-refractivity contribution is 7.86. The van der Waals surface area contributed by atoms with Gasteiger partial charge in [0.15, 0.2) is 5.75 Å². The summed E-state index contributed by atoms with van der Waals surface area (Å²) in [4.78, 5) is 9.87. The molecular formula is C42H39N9O10S2. The number of anilines is 1. The first kappa shape index (κ1) is 46.5. The van der Waals surface area contributed by atoms with E-state index >= 15 is 0 Å². The van der Waals surface area contributed by atoms with E-state index in [2.05, 4.69) is 54.2 Å². The van der Waals surface area contributed by atoms with Crippen LogP contribution in [0.5, 0.6) is 11.5 Å². The summed E-state index contributed by atoms with van der Waals surface area (Å²) >= 11 is 0. The van der Waals surface area contributed by atoms with Gasteiger partial charge >= 0.3 is 5.97 Å². The van der Waals surface area contributed by atoms with Crippen molar-refractivity contribution in [1.29, 1.82) is 0 Å². The van der Waals surface area contributed by atoms with E-state index < -0.39 is 53.2 Å². The third kappa shape index (κ3) is 10.8. The number of hydrazone groups is 2. The summed E-state index contributed by atoms with van der Waals surface area (Å²) in [6.07, 6.45) is 7.71. The molecule has 0 aromatic heterocycles. The second-order valence-corrected chi connectivity index (χ2v) is 16.4. The van der Waals surface area contributed by atoms with Crippen molar-refractivity contribution in [2.24, 2.45) is 40.9 Å². The topological polar surface area (TPSA) is 289 Å². The first-order chi connectivity index (χ1) is 29.6. The molecule has 0 unspecified atom stereocenters. The number of hydrogen-bond donors (Lipinski definition) is 5. The third-order valence-corrected chi connectivity index (χ3v) is 11.0. The van der Waals surface area contributed by atoms with Crippen molar-refractivity contribution in [2.75, 3.05) is 5.12 Å². The molecule has 5 rings (SSSR count). The molecule has 63 heavy (non-hydrogen) atoms. The Balaban J connectivity index is 1.39. The van der Waals surface area contributed by atoms with Crippen molar-refractivity contribution in [3.05, 3.63) is 131 Å². The van der Waals surface area contributed by atoms with E-state index in [0.717, 1.165) is 22.3 Å². The molecule has 0 spiro atoms. The first-order valence-electron chi connectivity index (χ1n) is 18.2. The van der Waals surface area contributed by atoms with Crippen LogP contribution in [-0.4, -0.2) is 60.2 Å². The molecule has 0 amide bonds. The normalized spacial score (nSPS) is 12.8. The summed E-state index contributed by atoms with van der Waals surface area (Å²) in [5, 5.41) is 64.5. The predicted molar refractivity (Wildman–Crippen MR) is 238 cm³/mol. The van der Waals surface area contributed by atoms with Crippen molar-refractivity contribution in [3.8, 4) is 11.5 Å². The number of azo groups is 3. The third-order valence-electron chi connectivity index (χ3n) is 9.10. The summed E-state index contributed by atoms with van der Waals surface area (Å²) in [6.45, 7) is 15.6. The number of aromatic carboxylic acids is 1. The maximum absolute atomic E-state index is 12.4. The fourth-order valence-electron chi connectivity index (χ4n) is 6.08. The standard InChI is InChI=1S/C42H39N9O10S2/c1-8-9-10-28(15-16-44-51(43-7)30-12-14-36(52)33(21-30)42(54)55)45-49-38-26(5)17-29(18-27(38)6)46-47-34-19-25(4)35(20-24(34)3)48-50-39-37(62(56,57)58)22-32-31(40(39)53)13-11-23(2)41(32)63(59,60)61/h8-22,52-53H,1,7H2,2-6H3,(H,54,55)(H,56,57,58)(H,59,60,61)/b10-9-,28-15+,44-16+,47-46?,49-45?,50-48?. The van der Waals surface area contributed by atoms with Gasteiger partial charge in [0.2, 0.25) is 0 Å².